The molecule has 22 heavy (non-hydrogen) atoms. The molecule has 0 radical (unpaired) electrons. The van der Waals surface area contributed by atoms with E-state index in [9.17, 15) is 13.6 Å². The lowest BCUT2D eigenvalue weighted by atomic mass is 10.1. The highest BCUT2D eigenvalue weighted by Gasteiger charge is 2.23. The van der Waals surface area contributed by atoms with Crippen molar-refractivity contribution in [3.8, 4) is 11.5 Å². The fourth-order valence-corrected chi connectivity index (χ4v) is 2.23. The zero-order valence-electron chi connectivity index (χ0n) is 12.2. The van der Waals surface area contributed by atoms with Crippen molar-refractivity contribution in [1.82, 2.24) is 0 Å². The van der Waals surface area contributed by atoms with E-state index in [1.165, 1.54) is 25.3 Å². The summed E-state index contributed by atoms with van der Waals surface area (Å²) in [5.74, 6) is -1.03. The topological polar surface area (TPSA) is 54.0 Å². The number of rotatable bonds is 6. The molecule has 1 aliphatic heterocycles. The van der Waals surface area contributed by atoms with E-state index in [0.29, 0.717) is 6.61 Å². The first kappa shape index (κ1) is 16.5. The molecule has 1 heterocycles. The van der Waals surface area contributed by atoms with Gasteiger partial charge in [0.15, 0.2) is 11.5 Å². The molecule has 1 fully saturated rings. The molecule has 1 atom stereocenters. The maximum Gasteiger partial charge on any atom is 0.387 e. The lowest BCUT2D eigenvalue weighted by Gasteiger charge is -2.22. The third-order valence-electron chi connectivity index (χ3n) is 3.30. The number of benzene rings is 1. The van der Waals surface area contributed by atoms with Crippen molar-refractivity contribution in [2.45, 2.75) is 32.0 Å². The van der Waals surface area contributed by atoms with Crippen LogP contribution in [0.25, 0.3) is 0 Å². The fourth-order valence-electron chi connectivity index (χ4n) is 2.23. The van der Waals surface area contributed by atoms with Crippen LogP contribution in [0.15, 0.2) is 18.2 Å². The Kier molecular flexibility index (Phi) is 5.94. The molecule has 1 aliphatic rings. The first-order chi connectivity index (χ1) is 10.6. The van der Waals surface area contributed by atoms with Gasteiger partial charge in [0.25, 0.3) is 0 Å². The van der Waals surface area contributed by atoms with E-state index in [4.69, 9.17) is 14.2 Å². The second-order valence-corrected chi connectivity index (χ2v) is 4.80. The van der Waals surface area contributed by atoms with Crippen LogP contribution >= 0.6 is 0 Å². The first-order valence-electron chi connectivity index (χ1n) is 7.02. The first-order valence-corrected chi connectivity index (χ1v) is 7.02. The van der Waals surface area contributed by atoms with Crippen LogP contribution in [0.4, 0.5) is 8.78 Å². The van der Waals surface area contributed by atoms with Crippen molar-refractivity contribution in [3.05, 3.63) is 23.8 Å². The van der Waals surface area contributed by atoms with Gasteiger partial charge < -0.3 is 18.9 Å². The average Bonchev–Trinajstić information content (AvgIpc) is 2.53. The molecule has 0 bridgehead atoms. The molecule has 2 rings (SSSR count). The van der Waals surface area contributed by atoms with E-state index in [1.807, 2.05) is 0 Å². The van der Waals surface area contributed by atoms with Crippen molar-refractivity contribution >= 4 is 5.97 Å². The van der Waals surface area contributed by atoms with Crippen LogP contribution in [0.2, 0.25) is 0 Å². The Morgan fingerprint density at radius 2 is 2.23 bits per heavy atom. The van der Waals surface area contributed by atoms with Crippen LogP contribution in [0, 0.1) is 0 Å². The molecule has 0 spiro atoms. The van der Waals surface area contributed by atoms with Crippen molar-refractivity contribution in [2.24, 2.45) is 0 Å². The summed E-state index contributed by atoms with van der Waals surface area (Å²) in [5.41, 5.74) is -0.101. The van der Waals surface area contributed by atoms with E-state index >= 15 is 0 Å². The highest BCUT2D eigenvalue weighted by Crippen LogP contribution is 2.33. The third-order valence-corrected chi connectivity index (χ3v) is 3.30. The van der Waals surface area contributed by atoms with Crippen LogP contribution in [-0.2, 0) is 9.47 Å². The Labute approximate surface area is 127 Å². The number of carbonyl (C=O) groups excluding carboxylic acids is 1. The van der Waals surface area contributed by atoms with Crippen LogP contribution in [-0.4, -0.2) is 39.0 Å². The van der Waals surface area contributed by atoms with Gasteiger partial charge in [0.2, 0.25) is 0 Å². The SMILES string of the molecule is COc1cccc(C(=O)OCC2CCCCO2)c1OC(F)F. The number of ether oxygens (including phenoxy) is 4. The van der Waals surface area contributed by atoms with Crippen LogP contribution in [0.5, 0.6) is 11.5 Å². The van der Waals surface area contributed by atoms with Crippen LogP contribution in [0.3, 0.4) is 0 Å². The Balaban J connectivity index is 2.07. The molecule has 0 aliphatic carbocycles. The summed E-state index contributed by atoms with van der Waals surface area (Å²) in [6, 6.07) is 4.29. The Bertz CT molecular complexity index is 501. The Morgan fingerprint density at radius 1 is 1.41 bits per heavy atom. The van der Waals surface area contributed by atoms with Gasteiger partial charge in [0.1, 0.15) is 12.2 Å². The van der Waals surface area contributed by atoms with E-state index < -0.39 is 12.6 Å². The smallest absolute Gasteiger partial charge is 0.387 e. The van der Waals surface area contributed by atoms with E-state index in [-0.39, 0.29) is 29.8 Å². The number of alkyl halides is 2. The minimum atomic E-state index is -3.07. The lowest BCUT2D eigenvalue weighted by molar-refractivity contribution is -0.0525. The maximum absolute atomic E-state index is 12.5. The molecular weight excluding hydrogens is 298 g/mol. The van der Waals surface area contributed by atoms with E-state index in [0.717, 1.165) is 19.3 Å². The van der Waals surface area contributed by atoms with Gasteiger partial charge in [-0.25, -0.2) is 4.79 Å². The van der Waals surface area contributed by atoms with E-state index in [2.05, 4.69) is 4.74 Å². The predicted molar refractivity (Wildman–Crippen MR) is 73.5 cm³/mol. The van der Waals surface area contributed by atoms with Gasteiger partial charge in [-0.1, -0.05) is 6.07 Å². The second-order valence-electron chi connectivity index (χ2n) is 4.80. The number of methoxy groups -OCH3 is 1. The molecular formula is C15H18F2O5. The van der Waals surface area contributed by atoms with Gasteiger partial charge in [-0.05, 0) is 31.4 Å². The van der Waals surface area contributed by atoms with Crippen LogP contribution < -0.4 is 9.47 Å². The average molecular weight is 316 g/mol. The highest BCUT2D eigenvalue weighted by atomic mass is 19.3. The van der Waals surface area contributed by atoms with Crippen molar-refractivity contribution < 1.29 is 32.5 Å². The number of para-hydroxylation sites is 1. The second kappa shape index (κ2) is 7.93. The molecule has 1 unspecified atom stereocenters. The summed E-state index contributed by atoms with van der Waals surface area (Å²) in [7, 11) is 1.30. The fraction of sp³-hybridized carbons (Fsp3) is 0.533. The third kappa shape index (κ3) is 4.30. The summed E-state index contributed by atoms with van der Waals surface area (Å²) >= 11 is 0. The number of carbonyl (C=O) groups is 1. The largest absolute Gasteiger partial charge is 0.493 e. The van der Waals surface area contributed by atoms with Crippen molar-refractivity contribution in [3.63, 3.8) is 0 Å². The van der Waals surface area contributed by atoms with Crippen molar-refractivity contribution in [1.29, 1.82) is 0 Å². The maximum atomic E-state index is 12.5. The summed E-state index contributed by atoms with van der Waals surface area (Å²) in [6.45, 7) is -2.34. The van der Waals surface area contributed by atoms with Crippen molar-refractivity contribution in [2.75, 3.05) is 20.3 Å². The zero-order chi connectivity index (χ0) is 15.9. The lowest BCUT2D eigenvalue weighted by Crippen LogP contribution is -2.26. The zero-order valence-corrected chi connectivity index (χ0v) is 12.2. The minimum Gasteiger partial charge on any atom is -0.493 e. The molecule has 0 saturated carbocycles. The highest BCUT2D eigenvalue weighted by molar-refractivity contribution is 5.93. The van der Waals surface area contributed by atoms with E-state index in [1.54, 1.807) is 0 Å². The van der Waals surface area contributed by atoms with Gasteiger partial charge in [0, 0.05) is 6.61 Å². The monoisotopic (exact) mass is 316 g/mol. The molecule has 1 aromatic carbocycles. The number of esters is 1. The quantitative estimate of drug-likeness (QED) is 0.755. The van der Waals surface area contributed by atoms with Gasteiger partial charge in [-0.2, -0.15) is 8.78 Å². The normalized spacial score (nSPS) is 18.1. The summed E-state index contributed by atoms with van der Waals surface area (Å²) < 4.78 is 44.9. The van der Waals surface area contributed by atoms with Gasteiger partial charge >= 0.3 is 12.6 Å². The summed E-state index contributed by atoms with van der Waals surface area (Å²) in [4.78, 5) is 12.1. The molecule has 0 amide bonds. The molecule has 5 nitrogen and oxygen atoms in total. The summed E-state index contributed by atoms with van der Waals surface area (Å²) in [6.07, 6.45) is 2.67. The molecule has 1 aromatic rings. The predicted octanol–water partition coefficient (Wildman–Crippen LogP) is 3.02. The molecule has 122 valence electrons. The Morgan fingerprint density at radius 3 is 2.86 bits per heavy atom. The molecule has 1 saturated heterocycles. The Hall–Kier alpha value is -1.89. The standard InChI is InChI=1S/C15H18F2O5/c1-19-12-7-4-6-11(13(12)22-15(16)17)14(18)21-9-10-5-2-3-8-20-10/h4,6-7,10,15H,2-3,5,8-9H2,1H3. The molecule has 0 N–H and O–H groups in total. The van der Waals surface area contributed by atoms with Gasteiger partial charge in [0.05, 0.1) is 13.2 Å². The summed E-state index contributed by atoms with van der Waals surface area (Å²) in [5, 5.41) is 0. The molecule has 7 heteroatoms. The van der Waals surface area contributed by atoms with Gasteiger partial charge in [-0.15, -0.1) is 0 Å². The number of hydrogen-bond acceptors (Lipinski definition) is 5. The number of hydrogen-bond donors (Lipinski definition) is 0. The van der Waals surface area contributed by atoms with Crippen LogP contribution in [0.1, 0.15) is 29.6 Å². The molecule has 0 aromatic heterocycles. The van der Waals surface area contributed by atoms with Gasteiger partial charge in [-0.3, -0.25) is 0 Å². The number of halogens is 2. The minimum absolute atomic E-state index is 0.0451.